The first-order valence-electron chi connectivity index (χ1n) is 9.52. The highest BCUT2D eigenvalue weighted by atomic mass is 16.5. The lowest BCUT2D eigenvalue weighted by molar-refractivity contribution is -0.154. The van der Waals surface area contributed by atoms with Gasteiger partial charge in [0.1, 0.15) is 0 Å². The minimum absolute atomic E-state index is 0.0920. The Balaban J connectivity index is 1.69. The Bertz CT molecular complexity index is 753. The van der Waals surface area contributed by atoms with Crippen molar-refractivity contribution in [3.05, 3.63) is 42.0 Å². The number of nitrogens with one attached hydrogen (secondary N) is 1. The molecule has 1 fully saturated rings. The maximum absolute atomic E-state index is 12.3. The molecule has 3 amide bonds. The first-order chi connectivity index (χ1) is 13.9. The number of hydrogen-bond acceptors (Lipinski definition) is 5. The standard InChI is InChI=1S/C21H27N3O5/c1-23(2)20(27)14-22-18(25)15-29-21(28)17-10-12-24(13-11-17)19(26)9-8-16-6-4-3-5-7-16/h3-9,17H,10-15H2,1-2H3,(H,22,25)/b9-8+. The topological polar surface area (TPSA) is 96.0 Å². The van der Waals surface area contributed by atoms with Gasteiger partial charge >= 0.3 is 5.97 Å². The Labute approximate surface area is 170 Å². The number of likely N-dealkylation sites (tertiary alicyclic amines) is 1. The largest absolute Gasteiger partial charge is 0.455 e. The van der Waals surface area contributed by atoms with Crippen LogP contribution in [-0.4, -0.2) is 73.8 Å². The maximum Gasteiger partial charge on any atom is 0.309 e. The Morgan fingerprint density at radius 2 is 1.79 bits per heavy atom. The summed E-state index contributed by atoms with van der Waals surface area (Å²) in [6, 6.07) is 9.55. The molecule has 2 rings (SSSR count). The van der Waals surface area contributed by atoms with E-state index in [0.717, 1.165) is 5.56 Å². The molecule has 0 atom stereocenters. The monoisotopic (exact) mass is 401 g/mol. The average molecular weight is 401 g/mol. The van der Waals surface area contributed by atoms with Crippen LogP contribution in [0.2, 0.25) is 0 Å². The number of carbonyl (C=O) groups is 4. The summed E-state index contributed by atoms with van der Waals surface area (Å²) in [5.41, 5.74) is 0.949. The highest BCUT2D eigenvalue weighted by Gasteiger charge is 2.28. The third-order valence-electron chi connectivity index (χ3n) is 4.64. The van der Waals surface area contributed by atoms with Crippen LogP contribution in [-0.2, 0) is 23.9 Å². The van der Waals surface area contributed by atoms with Crippen molar-refractivity contribution in [3.8, 4) is 0 Å². The molecule has 8 nitrogen and oxygen atoms in total. The fourth-order valence-corrected chi connectivity index (χ4v) is 2.81. The third kappa shape index (κ3) is 7.40. The second-order valence-electron chi connectivity index (χ2n) is 7.02. The Morgan fingerprint density at radius 1 is 1.14 bits per heavy atom. The number of piperidine rings is 1. The number of amides is 3. The number of rotatable bonds is 7. The zero-order valence-corrected chi connectivity index (χ0v) is 16.8. The van der Waals surface area contributed by atoms with E-state index in [1.807, 2.05) is 30.3 Å². The van der Waals surface area contributed by atoms with Crippen LogP contribution < -0.4 is 5.32 Å². The number of esters is 1. The van der Waals surface area contributed by atoms with Gasteiger partial charge < -0.3 is 19.9 Å². The van der Waals surface area contributed by atoms with Crippen molar-refractivity contribution in [2.45, 2.75) is 12.8 Å². The van der Waals surface area contributed by atoms with E-state index in [1.54, 1.807) is 25.1 Å². The molecule has 0 bridgehead atoms. The number of likely N-dealkylation sites (N-methyl/N-ethyl adjacent to an activating group) is 1. The molecule has 0 saturated carbocycles. The maximum atomic E-state index is 12.3. The van der Waals surface area contributed by atoms with E-state index < -0.39 is 18.5 Å². The van der Waals surface area contributed by atoms with Crippen molar-refractivity contribution < 1.29 is 23.9 Å². The van der Waals surface area contributed by atoms with Crippen LogP contribution in [0, 0.1) is 5.92 Å². The summed E-state index contributed by atoms with van der Waals surface area (Å²) in [5.74, 6) is -1.65. The SMILES string of the molecule is CN(C)C(=O)CNC(=O)COC(=O)C1CCN(C(=O)/C=C/c2ccccc2)CC1. The molecule has 0 spiro atoms. The van der Waals surface area contributed by atoms with E-state index in [9.17, 15) is 19.2 Å². The average Bonchev–Trinajstić information content (AvgIpc) is 2.74. The molecule has 0 aliphatic carbocycles. The quantitative estimate of drug-likeness (QED) is 0.536. The molecule has 1 aromatic carbocycles. The Kier molecular flexibility index (Phi) is 8.39. The summed E-state index contributed by atoms with van der Waals surface area (Å²) in [6.45, 7) is 0.363. The van der Waals surface area contributed by atoms with Crippen LogP contribution >= 0.6 is 0 Å². The molecule has 0 aromatic heterocycles. The number of hydrogen-bond donors (Lipinski definition) is 1. The fourth-order valence-electron chi connectivity index (χ4n) is 2.81. The van der Waals surface area contributed by atoms with Gasteiger partial charge in [-0.15, -0.1) is 0 Å². The summed E-state index contributed by atoms with van der Waals surface area (Å²) in [4.78, 5) is 50.6. The van der Waals surface area contributed by atoms with Crippen molar-refractivity contribution >= 4 is 29.8 Å². The molecule has 1 aromatic rings. The van der Waals surface area contributed by atoms with E-state index in [0.29, 0.717) is 25.9 Å². The van der Waals surface area contributed by atoms with Crippen molar-refractivity contribution in [1.82, 2.24) is 15.1 Å². The number of ether oxygens (including phenoxy) is 1. The van der Waals surface area contributed by atoms with Crippen LogP contribution in [0.15, 0.2) is 36.4 Å². The van der Waals surface area contributed by atoms with Gasteiger partial charge in [-0.25, -0.2) is 0 Å². The molecule has 1 N–H and O–H groups in total. The zero-order valence-electron chi connectivity index (χ0n) is 16.8. The summed E-state index contributed by atoms with van der Waals surface area (Å²) in [6.07, 6.45) is 4.28. The minimum Gasteiger partial charge on any atom is -0.455 e. The predicted molar refractivity (Wildman–Crippen MR) is 107 cm³/mol. The molecule has 8 heteroatoms. The molecule has 156 valence electrons. The molecule has 0 radical (unpaired) electrons. The van der Waals surface area contributed by atoms with Crippen molar-refractivity contribution in [3.63, 3.8) is 0 Å². The molecular weight excluding hydrogens is 374 g/mol. The van der Waals surface area contributed by atoms with Crippen molar-refractivity contribution in [2.24, 2.45) is 5.92 Å². The Morgan fingerprint density at radius 3 is 2.41 bits per heavy atom. The lowest BCUT2D eigenvalue weighted by Gasteiger charge is -2.30. The van der Waals surface area contributed by atoms with Gasteiger partial charge in [0.05, 0.1) is 12.5 Å². The van der Waals surface area contributed by atoms with Gasteiger partial charge in [-0.3, -0.25) is 19.2 Å². The highest BCUT2D eigenvalue weighted by Crippen LogP contribution is 2.19. The lowest BCUT2D eigenvalue weighted by atomic mass is 9.97. The second kappa shape index (κ2) is 11.0. The molecule has 29 heavy (non-hydrogen) atoms. The smallest absolute Gasteiger partial charge is 0.309 e. The summed E-state index contributed by atoms with van der Waals surface area (Å²) in [5, 5.41) is 2.40. The van der Waals surface area contributed by atoms with Crippen LogP contribution in [0.5, 0.6) is 0 Å². The van der Waals surface area contributed by atoms with Crippen LogP contribution in [0.1, 0.15) is 18.4 Å². The van der Waals surface area contributed by atoms with Gasteiger partial charge in [0.15, 0.2) is 6.61 Å². The van der Waals surface area contributed by atoms with Crippen molar-refractivity contribution in [2.75, 3.05) is 40.3 Å². The van der Waals surface area contributed by atoms with Gasteiger partial charge in [-0.05, 0) is 24.5 Å². The molecular formula is C21H27N3O5. The highest BCUT2D eigenvalue weighted by molar-refractivity contribution is 5.92. The first-order valence-corrected chi connectivity index (χ1v) is 9.52. The summed E-state index contributed by atoms with van der Waals surface area (Å²) < 4.78 is 5.04. The van der Waals surface area contributed by atoms with E-state index in [2.05, 4.69) is 5.32 Å². The number of nitrogens with zero attached hydrogens (tertiary/aromatic N) is 2. The molecule has 0 unspecified atom stereocenters. The van der Waals surface area contributed by atoms with E-state index in [-0.39, 0.29) is 24.3 Å². The zero-order chi connectivity index (χ0) is 21.2. The van der Waals surface area contributed by atoms with Gasteiger partial charge in [0.2, 0.25) is 11.8 Å². The molecule has 1 aliphatic rings. The summed E-state index contributed by atoms with van der Waals surface area (Å²) in [7, 11) is 3.17. The van der Waals surface area contributed by atoms with Gasteiger partial charge in [-0.1, -0.05) is 30.3 Å². The van der Waals surface area contributed by atoms with Crippen LogP contribution in [0.25, 0.3) is 6.08 Å². The van der Waals surface area contributed by atoms with Gasteiger partial charge in [-0.2, -0.15) is 0 Å². The third-order valence-corrected chi connectivity index (χ3v) is 4.64. The van der Waals surface area contributed by atoms with E-state index in [4.69, 9.17) is 4.74 Å². The van der Waals surface area contributed by atoms with E-state index in [1.165, 1.54) is 11.0 Å². The lowest BCUT2D eigenvalue weighted by Crippen LogP contribution is -2.41. The normalized spacial score (nSPS) is 14.5. The molecule has 1 heterocycles. The van der Waals surface area contributed by atoms with E-state index >= 15 is 0 Å². The van der Waals surface area contributed by atoms with Crippen LogP contribution in [0.4, 0.5) is 0 Å². The second-order valence-corrected chi connectivity index (χ2v) is 7.02. The molecule has 1 saturated heterocycles. The van der Waals surface area contributed by atoms with Gasteiger partial charge in [0.25, 0.3) is 5.91 Å². The van der Waals surface area contributed by atoms with Gasteiger partial charge in [0, 0.05) is 33.3 Å². The number of carbonyl (C=O) groups excluding carboxylic acids is 4. The Hall–Kier alpha value is -3.16. The molecule has 1 aliphatic heterocycles. The fraction of sp³-hybridized carbons (Fsp3) is 0.429. The minimum atomic E-state index is -0.521. The van der Waals surface area contributed by atoms with Crippen LogP contribution in [0.3, 0.4) is 0 Å². The predicted octanol–water partition coefficient (Wildman–Crippen LogP) is 0.686. The summed E-state index contributed by atoms with van der Waals surface area (Å²) >= 11 is 0. The number of benzene rings is 1. The first kappa shape index (κ1) is 22.1. The van der Waals surface area contributed by atoms with Crippen molar-refractivity contribution in [1.29, 1.82) is 0 Å².